The lowest BCUT2D eigenvalue weighted by Crippen LogP contribution is -2.50. The zero-order valence-electron chi connectivity index (χ0n) is 15.9. The van der Waals surface area contributed by atoms with Gasteiger partial charge in [-0.05, 0) is 31.0 Å². The van der Waals surface area contributed by atoms with Gasteiger partial charge in [0, 0.05) is 24.2 Å². The smallest absolute Gasteiger partial charge is 0.317 e. The number of carbonyl (C=O) groups excluding carboxylic acids is 2. The second kappa shape index (κ2) is 7.87. The van der Waals surface area contributed by atoms with Crippen molar-refractivity contribution in [2.75, 3.05) is 11.9 Å². The summed E-state index contributed by atoms with van der Waals surface area (Å²) in [4.78, 5) is 31.4. The van der Waals surface area contributed by atoms with E-state index >= 15 is 0 Å². The predicted octanol–water partition coefficient (Wildman–Crippen LogP) is 2.98. The number of urea groups is 1. The van der Waals surface area contributed by atoms with E-state index in [1.54, 1.807) is 49.5 Å². The Balaban J connectivity index is 1.73. The first kappa shape index (κ1) is 18.9. The summed E-state index contributed by atoms with van der Waals surface area (Å²) in [5.41, 5.74) is 1.82. The fraction of sp³-hybridized carbons (Fsp3) is 0.227. The topological polar surface area (TPSA) is 73.8 Å². The van der Waals surface area contributed by atoms with Gasteiger partial charge < -0.3 is 15.5 Å². The van der Waals surface area contributed by atoms with E-state index in [1.165, 1.54) is 11.0 Å². The summed E-state index contributed by atoms with van der Waals surface area (Å²) in [6.07, 6.45) is 4.47. The van der Waals surface area contributed by atoms with Gasteiger partial charge in [-0.2, -0.15) is 0 Å². The summed E-state index contributed by atoms with van der Waals surface area (Å²) < 4.78 is 14.6. The van der Waals surface area contributed by atoms with Gasteiger partial charge in [0.1, 0.15) is 5.82 Å². The van der Waals surface area contributed by atoms with Crippen LogP contribution in [0.15, 0.2) is 65.7 Å². The molecule has 1 aliphatic heterocycles. The van der Waals surface area contributed by atoms with Gasteiger partial charge in [0.25, 0.3) is 5.91 Å². The van der Waals surface area contributed by atoms with E-state index in [-0.39, 0.29) is 11.6 Å². The molecule has 148 valence electrons. The number of anilines is 1. The Kier molecular flexibility index (Phi) is 5.12. The first-order chi connectivity index (χ1) is 14.0. The molecule has 29 heavy (non-hydrogen) atoms. The maximum absolute atomic E-state index is 14.6. The fourth-order valence-electron chi connectivity index (χ4n) is 3.57. The number of nitrogens with one attached hydrogen (secondary N) is 2. The van der Waals surface area contributed by atoms with E-state index in [0.29, 0.717) is 17.0 Å². The van der Waals surface area contributed by atoms with Gasteiger partial charge in [0.05, 0.1) is 11.4 Å². The second-order valence-corrected chi connectivity index (χ2v) is 7.00. The molecule has 0 saturated heterocycles. The van der Waals surface area contributed by atoms with Crippen LogP contribution in [0.2, 0.25) is 0 Å². The molecule has 0 saturated carbocycles. The molecule has 0 radical (unpaired) electrons. The molecule has 7 heteroatoms. The van der Waals surface area contributed by atoms with Crippen LogP contribution in [-0.2, 0) is 4.79 Å². The molecule has 0 bridgehead atoms. The highest BCUT2D eigenvalue weighted by atomic mass is 19.1. The van der Waals surface area contributed by atoms with Gasteiger partial charge in [-0.1, -0.05) is 42.5 Å². The molecule has 2 atom stereocenters. The van der Waals surface area contributed by atoms with Crippen molar-refractivity contribution in [3.63, 3.8) is 0 Å². The Bertz CT molecular complexity index is 1020. The van der Waals surface area contributed by atoms with E-state index in [0.717, 1.165) is 12.8 Å². The van der Waals surface area contributed by atoms with Crippen LogP contribution in [0.25, 0.3) is 0 Å². The Labute approximate surface area is 168 Å². The van der Waals surface area contributed by atoms with E-state index in [4.69, 9.17) is 0 Å². The van der Waals surface area contributed by atoms with E-state index < -0.39 is 23.9 Å². The summed E-state index contributed by atoms with van der Waals surface area (Å²) in [6, 6.07) is 12.9. The van der Waals surface area contributed by atoms with Crippen LogP contribution in [0.3, 0.4) is 0 Å². The van der Waals surface area contributed by atoms with Gasteiger partial charge in [0.15, 0.2) is 0 Å². The number of fused-ring (bicyclic) bond motifs is 1. The van der Waals surface area contributed by atoms with Crippen molar-refractivity contribution in [3.8, 4) is 0 Å². The average Bonchev–Trinajstić information content (AvgIpc) is 3.20. The van der Waals surface area contributed by atoms with Crippen molar-refractivity contribution in [2.24, 2.45) is 4.99 Å². The summed E-state index contributed by atoms with van der Waals surface area (Å²) in [5, 5.41) is 5.45. The molecule has 2 N–H and O–H groups in total. The van der Waals surface area contributed by atoms with Crippen LogP contribution in [0.5, 0.6) is 0 Å². The van der Waals surface area contributed by atoms with Crippen molar-refractivity contribution in [3.05, 3.63) is 77.6 Å². The first-order valence-corrected chi connectivity index (χ1v) is 9.48. The molecule has 2 aliphatic rings. The van der Waals surface area contributed by atoms with Gasteiger partial charge in [-0.25, -0.2) is 14.2 Å². The lowest BCUT2D eigenvalue weighted by Gasteiger charge is -2.21. The van der Waals surface area contributed by atoms with Crippen LogP contribution >= 0.6 is 0 Å². The van der Waals surface area contributed by atoms with Crippen LogP contribution in [0.4, 0.5) is 14.9 Å². The number of benzodiazepines with no additional fused rings is 1. The normalized spacial score (nSPS) is 20.7. The summed E-state index contributed by atoms with van der Waals surface area (Å²) in [6.45, 7) is 0. The van der Waals surface area contributed by atoms with Crippen LogP contribution in [0.1, 0.15) is 24.0 Å². The second-order valence-electron chi connectivity index (χ2n) is 7.00. The first-order valence-electron chi connectivity index (χ1n) is 9.48. The van der Waals surface area contributed by atoms with Gasteiger partial charge in [-0.3, -0.25) is 4.79 Å². The molecule has 0 fully saturated rings. The Hall–Kier alpha value is -3.48. The molecule has 2 unspecified atom stereocenters. The molecule has 0 spiro atoms. The standard InChI is InChI=1S/C22H21FN4O2/c1-27-18-13-7-5-11-16(18)19(15-10-4-6-12-17(15)23)25-20(21(27)28)26-22(29)24-14-8-2-3-9-14/h2,4-8,10-14,20H,3,9H2,1H3,(H2,24,26,29). The van der Waals surface area contributed by atoms with Gasteiger partial charge >= 0.3 is 6.03 Å². The summed E-state index contributed by atoms with van der Waals surface area (Å²) in [5.74, 6) is -0.849. The van der Waals surface area contributed by atoms with Gasteiger partial charge in [0.2, 0.25) is 6.17 Å². The van der Waals surface area contributed by atoms with Crippen LogP contribution in [-0.4, -0.2) is 36.9 Å². The molecule has 1 aliphatic carbocycles. The number of rotatable bonds is 3. The molecule has 1 heterocycles. The van der Waals surface area contributed by atoms with Crippen molar-refractivity contribution < 1.29 is 14.0 Å². The third-order valence-electron chi connectivity index (χ3n) is 5.07. The number of benzene rings is 2. The van der Waals surface area contributed by atoms with E-state index in [2.05, 4.69) is 15.6 Å². The Morgan fingerprint density at radius 3 is 2.55 bits per heavy atom. The van der Waals surface area contributed by atoms with E-state index in [1.807, 2.05) is 12.2 Å². The van der Waals surface area contributed by atoms with Crippen molar-refractivity contribution in [1.29, 1.82) is 0 Å². The van der Waals surface area contributed by atoms with Gasteiger partial charge in [-0.15, -0.1) is 0 Å². The minimum absolute atomic E-state index is 0.0687. The number of halogens is 1. The quantitative estimate of drug-likeness (QED) is 0.788. The lowest BCUT2D eigenvalue weighted by atomic mass is 10.00. The van der Waals surface area contributed by atoms with Crippen LogP contribution in [0, 0.1) is 5.82 Å². The molecule has 3 amide bonds. The molecular weight excluding hydrogens is 371 g/mol. The zero-order chi connectivity index (χ0) is 20.4. The highest BCUT2D eigenvalue weighted by molar-refractivity contribution is 6.20. The molecule has 4 rings (SSSR count). The highest BCUT2D eigenvalue weighted by Crippen LogP contribution is 2.28. The number of amides is 3. The number of para-hydroxylation sites is 1. The molecule has 0 aromatic heterocycles. The van der Waals surface area contributed by atoms with E-state index in [9.17, 15) is 14.0 Å². The Morgan fingerprint density at radius 1 is 1.10 bits per heavy atom. The molecular formula is C22H21FN4O2. The highest BCUT2D eigenvalue weighted by Gasteiger charge is 2.31. The SMILES string of the molecule is CN1C(=O)C(NC(=O)NC2C=CCC2)N=C(c2ccccc2F)c2ccccc21. The molecule has 2 aromatic rings. The fourth-order valence-corrected chi connectivity index (χ4v) is 3.57. The molecule has 2 aromatic carbocycles. The molecule has 6 nitrogen and oxygen atoms in total. The average molecular weight is 392 g/mol. The number of allylic oxidation sites excluding steroid dienone is 1. The number of aliphatic imine (C=N–C) groups is 1. The van der Waals surface area contributed by atoms with Crippen molar-refractivity contribution in [2.45, 2.75) is 25.0 Å². The number of hydrogen-bond acceptors (Lipinski definition) is 3. The lowest BCUT2D eigenvalue weighted by molar-refractivity contribution is -0.119. The third-order valence-corrected chi connectivity index (χ3v) is 5.07. The Morgan fingerprint density at radius 2 is 1.83 bits per heavy atom. The number of likely N-dealkylation sites (N-methyl/N-ethyl adjacent to an activating group) is 1. The third kappa shape index (κ3) is 3.76. The summed E-state index contributed by atoms with van der Waals surface area (Å²) in [7, 11) is 1.62. The minimum Gasteiger partial charge on any atom is -0.332 e. The van der Waals surface area contributed by atoms with Crippen LogP contribution < -0.4 is 15.5 Å². The summed E-state index contributed by atoms with van der Waals surface area (Å²) >= 11 is 0. The maximum Gasteiger partial charge on any atom is 0.317 e. The maximum atomic E-state index is 14.6. The van der Waals surface area contributed by atoms with Crippen molar-refractivity contribution in [1.82, 2.24) is 10.6 Å². The zero-order valence-corrected chi connectivity index (χ0v) is 15.9. The predicted molar refractivity (Wildman–Crippen MR) is 110 cm³/mol. The number of nitrogens with zero attached hydrogens (tertiary/aromatic N) is 2. The number of hydrogen-bond donors (Lipinski definition) is 2. The monoisotopic (exact) mass is 392 g/mol. The minimum atomic E-state index is -1.17. The number of carbonyl (C=O) groups is 2. The largest absolute Gasteiger partial charge is 0.332 e. The van der Waals surface area contributed by atoms with Crippen molar-refractivity contribution >= 4 is 23.3 Å².